The molecule has 0 aliphatic heterocycles. The molecule has 2 rings (SSSR count). The lowest BCUT2D eigenvalue weighted by molar-refractivity contribution is 0.473. The summed E-state index contributed by atoms with van der Waals surface area (Å²) < 4.78 is 13.0. The van der Waals surface area contributed by atoms with Gasteiger partial charge in [0.1, 0.15) is 11.6 Å². The summed E-state index contributed by atoms with van der Waals surface area (Å²) in [6.07, 6.45) is 1.49. The highest BCUT2D eigenvalue weighted by atomic mass is 35.5. The number of aryl methyl sites for hydroxylation is 1. The van der Waals surface area contributed by atoms with E-state index in [0.717, 1.165) is 11.1 Å². The Labute approximate surface area is 126 Å². The minimum absolute atomic E-state index is 0.00234. The molecule has 0 aromatic heterocycles. The summed E-state index contributed by atoms with van der Waals surface area (Å²) in [6.45, 7) is 3.61. The Bertz CT molecular complexity index is 699. The molecular weight excluding hydrogens is 300 g/mol. The van der Waals surface area contributed by atoms with Crippen molar-refractivity contribution in [3.8, 4) is 5.75 Å². The summed E-state index contributed by atoms with van der Waals surface area (Å²) in [6, 6.07) is 5.73. The summed E-state index contributed by atoms with van der Waals surface area (Å²) in [7, 11) is 0. The number of benzene rings is 2. The lowest BCUT2D eigenvalue weighted by atomic mass is 10.0. The van der Waals surface area contributed by atoms with Crippen LogP contribution in [-0.4, -0.2) is 11.3 Å². The van der Waals surface area contributed by atoms with Gasteiger partial charge in [0, 0.05) is 16.8 Å². The average Bonchev–Trinajstić information content (AvgIpc) is 2.40. The molecular formula is C15H12Cl2FNO. The number of halogens is 3. The molecule has 0 aliphatic carbocycles. The molecule has 0 bridgehead atoms. The van der Waals surface area contributed by atoms with Gasteiger partial charge in [-0.3, -0.25) is 4.99 Å². The SMILES string of the molecule is Cc1cc(O)c(C=Nc2ccc(F)c(Cl)c2)c(C)c1Cl. The van der Waals surface area contributed by atoms with Crippen LogP contribution in [0.1, 0.15) is 16.7 Å². The van der Waals surface area contributed by atoms with Crippen LogP contribution in [0, 0.1) is 19.7 Å². The van der Waals surface area contributed by atoms with Crippen molar-refractivity contribution >= 4 is 35.1 Å². The van der Waals surface area contributed by atoms with E-state index in [2.05, 4.69) is 4.99 Å². The Kier molecular flexibility index (Phi) is 4.31. The van der Waals surface area contributed by atoms with Gasteiger partial charge in [-0.15, -0.1) is 0 Å². The number of hydrogen-bond donors (Lipinski definition) is 1. The quantitative estimate of drug-likeness (QED) is 0.759. The molecule has 0 saturated carbocycles. The van der Waals surface area contributed by atoms with Crippen LogP contribution in [0.3, 0.4) is 0 Å². The number of aliphatic imine (C=N–C) groups is 1. The summed E-state index contributed by atoms with van der Waals surface area (Å²) in [5, 5.41) is 10.5. The predicted octanol–water partition coefficient (Wildman–Crippen LogP) is 5.21. The van der Waals surface area contributed by atoms with Gasteiger partial charge in [0.15, 0.2) is 0 Å². The van der Waals surface area contributed by atoms with Crippen molar-refractivity contribution in [2.75, 3.05) is 0 Å². The highest BCUT2D eigenvalue weighted by molar-refractivity contribution is 6.32. The normalized spacial score (nSPS) is 11.2. The molecule has 104 valence electrons. The molecule has 1 N–H and O–H groups in total. The number of aromatic hydroxyl groups is 1. The maximum absolute atomic E-state index is 13.0. The van der Waals surface area contributed by atoms with E-state index in [4.69, 9.17) is 23.2 Å². The second-order valence-corrected chi connectivity index (χ2v) is 5.21. The predicted molar refractivity (Wildman–Crippen MR) is 81.3 cm³/mol. The number of nitrogens with zero attached hydrogens (tertiary/aromatic N) is 1. The van der Waals surface area contributed by atoms with Crippen LogP contribution in [0.5, 0.6) is 5.75 Å². The number of phenolic OH excluding ortho intramolecular Hbond substituents is 1. The zero-order valence-electron chi connectivity index (χ0n) is 10.9. The molecule has 0 saturated heterocycles. The molecule has 0 amide bonds. The van der Waals surface area contributed by atoms with Crippen molar-refractivity contribution in [1.82, 2.24) is 0 Å². The van der Waals surface area contributed by atoms with E-state index in [1.807, 2.05) is 6.92 Å². The monoisotopic (exact) mass is 311 g/mol. The number of rotatable bonds is 2. The Balaban J connectivity index is 2.41. The van der Waals surface area contributed by atoms with E-state index in [9.17, 15) is 9.50 Å². The van der Waals surface area contributed by atoms with Gasteiger partial charge in [0.2, 0.25) is 0 Å². The first-order chi connectivity index (χ1) is 9.40. The third-order valence-corrected chi connectivity index (χ3v) is 3.83. The molecule has 2 nitrogen and oxygen atoms in total. The molecule has 0 unspecified atom stereocenters. The zero-order valence-corrected chi connectivity index (χ0v) is 12.4. The van der Waals surface area contributed by atoms with E-state index in [1.54, 1.807) is 13.0 Å². The zero-order chi connectivity index (χ0) is 14.9. The molecule has 0 atom stereocenters. The van der Waals surface area contributed by atoms with Crippen molar-refractivity contribution in [3.63, 3.8) is 0 Å². The van der Waals surface area contributed by atoms with Gasteiger partial charge in [0.25, 0.3) is 0 Å². The Morgan fingerprint density at radius 1 is 1.20 bits per heavy atom. The molecule has 0 fully saturated rings. The maximum atomic E-state index is 13.0. The van der Waals surface area contributed by atoms with Crippen LogP contribution in [0.2, 0.25) is 10.0 Å². The van der Waals surface area contributed by atoms with Crippen molar-refractivity contribution < 1.29 is 9.50 Å². The average molecular weight is 312 g/mol. The largest absolute Gasteiger partial charge is 0.507 e. The summed E-state index contributed by atoms with van der Waals surface area (Å²) >= 11 is 11.8. The van der Waals surface area contributed by atoms with Gasteiger partial charge in [-0.25, -0.2) is 4.39 Å². The van der Waals surface area contributed by atoms with Gasteiger partial charge in [-0.1, -0.05) is 23.2 Å². The third kappa shape index (κ3) is 2.94. The number of phenols is 1. The fraction of sp³-hybridized carbons (Fsp3) is 0.133. The van der Waals surface area contributed by atoms with Gasteiger partial charge in [-0.05, 0) is 49.2 Å². The van der Waals surface area contributed by atoms with Crippen molar-refractivity contribution in [2.24, 2.45) is 4.99 Å². The summed E-state index contributed by atoms with van der Waals surface area (Å²) in [5.74, 6) is -0.399. The van der Waals surface area contributed by atoms with E-state index in [0.29, 0.717) is 16.3 Å². The lowest BCUT2D eigenvalue weighted by Crippen LogP contribution is -1.92. The van der Waals surface area contributed by atoms with Gasteiger partial charge >= 0.3 is 0 Å². The smallest absolute Gasteiger partial charge is 0.141 e. The van der Waals surface area contributed by atoms with Gasteiger partial charge in [-0.2, -0.15) is 0 Å². The number of hydrogen-bond acceptors (Lipinski definition) is 2. The molecule has 20 heavy (non-hydrogen) atoms. The van der Waals surface area contributed by atoms with Crippen LogP contribution in [0.15, 0.2) is 29.3 Å². The van der Waals surface area contributed by atoms with Crippen LogP contribution < -0.4 is 0 Å². The van der Waals surface area contributed by atoms with E-state index >= 15 is 0 Å². The van der Waals surface area contributed by atoms with E-state index in [1.165, 1.54) is 24.4 Å². The first-order valence-corrected chi connectivity index (χ1v) is 6.63. The van der Waals surface area contributed by atoms with Crippen LogP contribution in [0.4, 0.5) is 10.1 Å². The van der Waals surface area contributed by atoms with Crippen molar-refractivity contribution in [3.05, 3.63) is 56.8 Å². The molecule has 0 aliphatic rings. The summed E-state index contributed by atoms with van der Waals surface area (Å²) in [5.41, 5.74) is 2.55. The first-order valence-electron chi connectivity index (χ1n) is 5.88. The van der Waals surface area contributed by atoms with Crippen molar-refractivity contribution in [2.45, 2.75) is 13.8 Å². The first kappa shape index (κ1) is 14.8. The van der Waals surface area contributed by atoms with Crippen molar-refractivity contribution in [1.29, 1.82) is 0 Å². The van der Waals surface area contributed by atoms with E-state index < -0.39 is 5.82 Å². The van der Waals surface area contributed by atoms with Gasteiger partial charge in [0.05, 0.1) is 10.7 Å². The highest BCUT2D eigenvalue weighted by Gasteiger charge is 2.09. The van der Waals surface area contributed by atoms with Crippen LogP contribution >= 0.6 is 23.2 Å². The molecule has 0 spiro atoms. The Morgan fingerprint density at radius 2 is 1.90 bits per heavy atom. The van der Waals surface area contributed by atoms with Crippen LogP contribution in [0.25, 0.3) is 0 Å². The molecule has 0 heterocycles. The second kappa shape index (κ2) is 5.81. The van der Waals surface area contributed by atoms with E-state index in [-0.39, 0.29) is 10.8 Å². The lowest BCUT2D eigenvalue weighted by Gasteiger charge is -2.08. The third-order valence-electron chi connectivity index (χ3n) is 2.95. The minimum atomic E-state index is -0.497. The second-order valence-electron chi connectivity index (χ2n) is 4.42. The van der Waals surface area contributed by atoms with Gasteiger partial charge < -0.3 is 5.11 Å². The molecule has 2 aromatic rings. The molecule has 0 radical (unpaired) electrons. The molecule has 2 aromatic carbocycles. The molecule has 5 heteroatoms. The minimum Gasteiger partial charge on any atom is -0.507 e. The Hall–Kier alpha value is -1.58. The Morgan fingerprint density at radius 3 is 2.55 bits per heavy atom. The standard InChI is InChI=1S/C15H12Cl2FNO/c1-8-5-14(20)11(9(2)15(8)17)7-19-10-3-4-13(18)12(16)6-10/h3-7,20H,1-2H3. The van der Waals surface area contributed by atoms with Crippen LogP contribution in [-0.2, 0) is 0 Å². The topological polar surface area (TPSA) is 32.6 Å². The fourth-order valence-electron chi connectivity index (χ4n) is 1.82. The summed E-state index contributed by atoms with van der Waals surface area (Å²) in [4.78, 5) is 4.18. The maximum Gasteiger partial charge on any atom is 0.141 e. The highest BCUT2D eigenvalue weighted by Crippen LogP contribution is 2.30. The fourth-order valence-corrected chi connectivity index (χ4v) is 2.15.